The summed E-state index contributed by atoms with van der Waals surface area (Å²) in [5.74, 6) is -0.299. The highest BCUT2D eigenvalue weighted by atomic mass is 79.9. The Labute approximate surface area is 212 Å². The molecule has 174 valence electrons. The number of phenols is 1. The summed E-state index contributed by atoms with van der Waals surface area (Å²) in [6.07, 6.45) is 2.26. The normalized spacial score (nSPS) is 14.2. The molecule has 0 saturated carbocycles. The number of phenolic OH excluding ortho intramolecular Hbond substituents is 1. The number of hydrogen-bond donors (Lipinski definition) is 1. The molecule has 1 saturated heterocycles. The molecule has 2 heterocycles. The monoisotopic (exact) mass is 548 g/mol. The Balaban J connectivity index is 2.05. The molecule has 8 heteroatoms. The van der Waals surface area contributed by atoms with Crippen LogP contribution in [0.25, 0.3) is 10.9 Å². The van der Waals surface area contributed by atoms with E-state index in [2.05, 4.69) is 20.8 Å². The lowest BCUT2D eigenvalue weighted by molar-refractivity contribution is 0.0528. The minimum atomic E-state index is -0.446. The first-order chi connectivity index (χ1) is 15.9. The van der Waals surface area contributed by atoms with Gasteiger partial charge >= 0.3 is 5.97 Å². The van der Waals surface area contributed by atoms with Crippen LogP contribution in [-0.4, -0.2) is 45.1 Å². The quantitative estimate of drug-likeness (QED) is 0.212. The Hall–Kier alpha value is -1.93. The first-order valence-electron chi connectivity index (χ1n) is 11.1. The number of thiocarbonyl (C=S) groups is 1. The predicted octanol–water partition coefficient (Wildman–Crippen LogP) is 6.32. The summed E-state index contributed by atoms with van der Waals surface area (Å²) in [6, 6.07) is 9.18. The average Bonchev–Trinajstić information content (AvgIpc) is 3.42. The summed E-state index contributed by atoms with van der Waals surface area (Å²) in [7, 11) is 0. The number of rotatable bonds is 7. The van der Waals surface area contributed by atoms with Crippen LogP contribution in [0, 0.1) is 0 Å². The second-order valence-corrected chi connectivity index (χ2v) is 9.79. The minimum absolute atomic E-state index is 0.147. The fraction of sp³-hybridized carbons (Fsp3) is 0.360. The molecule has 0 spiro atoms. The van der Waals surface area contributed by atoms with Crippen molar-refractivity contribution in [3.63, 3.8) is 0 Å². The minimum Gasteiger partial charge on any atom is -0.506 e. The summed E-state index contributed by atoms with van der Waals surface area (Å²) in [5.41, 5.74) is 3.31. The van der Waals surface area contributed by atoms with Gasteiger partial charge in [-0.05, 0) is 79.5 Å². The number of carbonyl (C=O) groups excluding carboxylic acids is 1. The van der Waals surface area contributed by atoms with Gasteiger partial charge in [0.25, 0.3) is 0 Å². The summed E-state index contributed by atoms with van der Waals surface area (Å²) in [6.45, 7) is 7.10. The number of aromatic nitrogens is 1. The van der Waals surface area contributed by atoms with Gasteiger partial charge in [-0.15, -0.1) is 0 Å². The third-order valence-electron chi connectivity index (χ3n) is 6.06. The number of benzene rings is 2. The van der Waals surface area contributed by atoms with E-state index in [-0.39, 0.29) is 12.4 Å². The van der Waals surface area contributed by atoms with Crippen molar-refractivity contribution < 1.29 is 14.6 Å². The molecule has 0 unspecified atom stereocenters. The number of aryl methyl sites for hydroxylation is 1. The molecule has 0 atom stereocenters. The van der Waals surface area contributed by atoms with Gasteiger partial charge in [-0.1, -0.05) is 36.0 Å². The number of ether oxygens (including phenoxy) is 1. The van der Waals surface area contributed by atoms with E-state index in [9.17, 15) is 9.90 Å². The molecule has 0 radical (unpaired) electrons. The van der Waals surface area contributed by atoms with Gasteiger partial charge in [-0.2, -0.15) is 0 Å². The first kappa shape index (κ1) is 24.2. The van der Waals surface area contributed by atoms with E-state index in [0.29, 0.717) is 49.7 Å². The fourth-order valence-corrected chi connectivity index (χ4v) is 5.58. The van der Waals surface area contributed by atoms with Gasteiger partial charge in [-0.25, -0.2) is 4.79 Å². The van der Waals surface area contributed by atoms with Gasteiger partial charge in [0.15, 0.2) is 0 Å². The molecule has 4 rings (SSSR count). The lowest BCUT2D eigenvalue weighted by Gasteiger charge is -2.18. The molecule has 1 fully saturated rings. The largest absolute Gasteiger partial charge is 0.506 e. The summed E-state index contributed by atoms with van der Waals surface area (Å²) < 4.78 is 8.11. The lowest BCUT2D eigenvalue weighted by Crippen LogP contribution is -2.19. The van der Waals surface area contributed by atoms with Crippen molar-refractivity contribution in [2.24, 2.45) is 0 Å². The third-order valence-corrected chi connectivity index (χ3v) is 7.33. The van der Waals surface area contributed by atoms with E-state index in [1.54, 1.807) is 19.1 Å². The zero-order chi connectivity index (χ0) is 23.7. The highest BCUT2D eigenvalue weighted by Gasteiger charge is 2.31. The van der Waals surface area contributed by atoms with Crippen LogP contribution in [0.2, 0.25) is 5.02 Å². The average molecular weight is 550 g/mol. The van der Waals surface area contributed by atoms with Crippen molar-refractivity contribution >= 4 is 61.5 Å². The fourth-order valence-electron chi connectivity index (χ4n) is 4.59. The van der Waals surface area contributed by atoms with Gasteiger partial charge in [0, 0.05) is 29.1 Å². The van der Waals surface area contributed by atoms with Gasteiger partial charge in [0.1, 0.15) is 5.75 Å². The van der Waals surface area contributed by atoms with Crippen molar-refractivity contribution in [1.29, 1.82) is 0 Å². The highest BCUT2D eigenvalue weighted by molar-refractivity contribution is 9.10. The van der Waals surface area contributed by atoms with Crippen molar-refractivity contribution in [2.45, 2.75) is 39.8 Å². The Bertz CT molecular complexity index is 1230. The number of likely N-dealkylation sites (tertiary alicyclic amines) is 1. The molecule has 2 aromatic carbocycles. The van der Waals surface area contributed by atoms with Gasteiger partial charge in [0.2, 0.25) is 0 Å². The Morgan fingerprint density at radius 1 is 1.24 bits per heavy atom. The summed E-state index contributed by atoms with van der Waals surface area (Å²) in [5, 5.41) is 12.3. The first-order valence-corrected chi connectivity index (χ1v) is 12.7. The van der Waals surface area contributed by atoms with Crippen LogP contribution in [0.5, 0.6) is 5.75 Å². The van der Waals surface area contributed by atoms with Crippen LogP contribution in [0.15, 0.2) is 34.8 Å². The van der Waals surface area contributed by atoms with Gasteiger partial charge in [0.05, 0.1) is 32.7 Å². The van der Waals surface area contributed by atoms with Crippen molar-refractivity contribution in [3.05, 3.63) is 62.2 Å². The summed E-state index contributed by atoms with van der Waals surface area (Å²) >= 11 is 15.7. The number of aromatic hydroxyl groups is 1. The zero-order valence-corrected chi connectivity index (χ0v) is 21.8. The Morgan fingerprint density at radius 3 is 2.61 bits per heavy atom. The number of fused-ring (bicyclic) bond motifs is 1. The zero-order valence-electron chi connectivity index (χ0n) is 18.7. The number of hydrogen-bond acceptors (Lipinski definition) is 5. The van der Waals surface area contributed by atoms with E-state index in [1.807, 2.05) is 29.7 Å². The van der Waals surface area contributed by atoms with E-state index in [4.69, 9.17) is 28.6 Å². The molecule has 0 amide bonds. The standard InChI is InChI=1S/C25H26BrClN2O3S/c1-3-29-19-13-18(26)23(30)17(14-28-10-5-6-11-28)20(19)21(25(31)32-4-2)22(29)24(33)15-8-7-9-16(27)12-15/h7-9,12-13,30H,3-6,10-11,14H2,1-2H3. The Kier molecular flexibility index (Phi) is 7.43. The summed E-state index contributed by atoms with van der Waals surface area (Å²) in [4.78, 5) is 16.2. The topological polar surface area (TPSA) is 54.7 Å². The van der Waals surface area contributed by atoms with Gasteiger partial charge < -0.3 is 14.4 Å². The molecule has 3 aromatic rings. The molecule has 1 N–H and O–H groups in total. The van der Waals surface area contributed by atoms with Crippen LogP contribution in [-0.2, 0) is 17.8 Å². The molecule has 1 aliphatic heterocycles. The molecule has 0 aliphatic carbocycles. The smallest absolute Gasteiger partial charge is 0.341 e. The number of nitrogens with zero attached hydrogens (tertiary/aromatic N) is 2. The van der Waals surface area contributed by atoms with Crippen LogP contribution < -0.4 is 0 Å². The van der Waals surface area contributed by atoms with Crippen molar-refractivity contribution in [2.75, 3.05) is 19.7 Å². The third kappa shape index (κ3) is 4.56. The maximum atomic E-state index is 13.4. The predicted molar refractivity (Wildman–Crippen MR) is 140 cm³/mol. The molecule has 33 heavy (non-hydrogen) atoms. The number of halogens is 2. The van der Waals surface area contributed by atoms with Crippen LogP contribution in [0.4, 0.5) is 0 Å². The maximum Gasteiger partial charge on any atom is 0.341 e. The lowest BCUT2D eigenvalue weighted by atomic mass is 10.00. The van der Waals surface area contributed by atoms with Crippen molar-refractivity contribution in [3.8, 4) is 5.75 Å². The van der Waals surface area contributed by atoms with E-state index < -0.39 is 5.97 Å². The van der Waals surface area contributed by atoms with E-state index in [1.165, 1.54) is 0 Å². The molecule has 1 aromatic heterocycles. The van der Waals surface area contributed by atoms with Crippen LogP contribution >= 0.6 is 39.7 Å². The maximum absolute atomic E-state index is 13.4. The van der Waals surface area contributed by atoms with Crippen LogP contribution in [0.1, 0.15) is 53.9 Å². The second-order valence-electron chi connectivity index (χ2n) is 8.09. The molecule has 5 nitrogen and oxygen atoms in total. The van der Waals surface area contributed by atoms with Crippen molar-refractivity contribution in [1.82, 2.24) is 9.47 Å². The van der Waals surface area contributed by atoms with Crippen LogP contribution in [0.3, 0.4) is 0 Å². The number of esters is 1. The molecule has 1 aliphatic rings. The van der Waals surface area contributed by atoms with E-state index in [0.717, 1.165) is 37.0 Å². The number of carbonyl (C=O) groups is 1. The molecular weight excluding hydrogens is 524 g/mol. The Morgan fingerprint density at radius 2 is 1.97 bits per heavy atom. The molecule has 0 bridgehead atoms. The molecular formula is C25H26BrClN2O3S. The second kappa shape index (κ2) is 10.1. The van der Waals surface area contributed by atoms with Gasteiger partial charge in [-0.3, -0.25) is 4.90 Å². The van der Waals surface area contributed by atoms with E-state index >= 15 is 0 Å². The highest BCUT2D eigenvalue weighted by Crippen LogP contribution is 2.41. The SMILES string of the molecule is CCOC(=O)c1c(C(=S)c2cccc(Cl)c2)n(CC)c2cc(Br)c(O)c(CN3CCCC3)c12.